The Morgan fingerprint density at radius 2 is 1.62 bits per heavy atom. The fourth-order valence-corrected chi connectivity index (χ4v) is 2.50. The number of methoxy groups -OCH3 is 1. The molecule has 2 amide bonds. The lowest BCUT2D eigenvalue weighted by molar-refractivity contribution is 0.0954. The Balaban J connectivity index is 1.58. The number of hydrazone groups is 1. The molecular weight excluding hydrogens is 370 g/mol. The summed E-state index contributed by atoms with van der Waals surface area (Å²) in [6.07, 6.45) is 1.44. The summed E-state index contributed by atoms with van der Waals surface area (Å²) in [4.78, 5) is 24.3. The van der Waals surface area contributed by atoms with Gasteiger partial charge in [0.25, 0.3) is 11.8 Å². The molecule has 0 aromatic heterocycles. The van der Waals surface area contributed by atoms with Gasteiger partial charge in [0, 0.05) is 16.8 Å². The van der Waals surface area contributed by atoms with E-state index in [1.807, 2.05) is 6.07 Å². The van der Waals surface area contributed by atoms with Crippen molar-refractivity contribution in [1.82, 2.24) is 5.43 Å². The molecule has 3 N–H and O–H groups in total. The van der Waals surface area contributed by atoms with Crippen LogP contribution in [0.4, 0.5) is 5.69 Å². The highest BCUT2D eigenvalue weighted by Gasteiger charge is 2.07. The zero-order chi connectivity index (χ0) is 20.6. The summed E-state index contributed by atoms with van der Waals surface area (Å²) in [5.41, 5.74) is 4.60. The van der Waals surface area contributed by atoms with Gasteiger partial charge in [0.15, 0.2) is 11.5 Å². The standard InChI is InChI=1S/C22H19N3O4/c1-29-20-13-15(7-12-19(20)26)14-23-25-22(28)17-8-10-18(11-9-17)24-21(27)16-5-3-2-4-6-16/h2-14,26H,1H3,(H,24,27)(H,25,28)/b23-14-. The van der Waals surface area contributed by atoms with Crippen molar-refractivity contribution in [3.63, 3.8) is 0 Å². The first-order valence-electron chi connectivity index (χ1n) is 8.73. The largest absolute Gasteiger partial charge is 0.504 e. The Kier molecular flexibility index (Phi) is 6.22. The Morgan fingerprint density at radius 3 is 2.31 bits per heavy atom. The smallest absolute Gasteiger partial charge is 0.271 e. The maximum Gasteiger partial charge on any atom is 0.271 e. The van der Waals surface area contributed by atoms with Crippen LogP contribution in [0.2, 0.25) is 0 Å². The molecule has 7 nitrogen and oxygen atoms in total. The molecule has 0 radical (unpaired) electrons. The molecule has 0 spiro atoms. The predicted octanol–water partition coefficient (Wildman–Crippen LogP) is 3.42. The number of carbonyl (C=O) groups is 2. The first-order valence-corrected chi connectivity index (χ1v) is 8.73. The average Bonchev–Trinajstić information content (AvgIpc) is 2.76. The van der Waals surface area contributed by atoms with Crippen LogP contribution >= 0.6 is 0 Å². The molecule has 0 aliphatic heterocycles. The number of phenolic OH excluding ortho intramolecular Hbond substituents is 1. The van der Waals surface area contributed by atoms with Crippen molar-refractivity contribution >= 4 is 23.7 Å². The summed E-state index contributed by atoms with van der Waals surface area (Å²) >= 11 is 0. The molecule has 0 heterocycles. The van der Waals surface area contributed by atoms with E-state index in [0.717, 1.165) is 0 Å². The van der Waals surface area contributed by atoms with E-state index in [9.17, 15) is 14.7 Å². The van der Waals surface area contributed by atoms with Gasteiger partial charge in [0.05, 0.1) is 13.3 Å². The third kappa shape index (κ3) is 5.20. The lowest BCUT2D eigenvalue weighted by Crippen LogP contribution is -2.17. The molecule has 146 valence electrons. The van der Waals surface area contributed by atoms with Crippen molar-refractivity contribution < 1.29 is 19.4 Å². The normalized spacial score (nSPS) is 10.5. The Hall–Kier alpha value is -4.13. The van der Waals surface area contributed by atoms with Gasteiger partial charge in [-0.3, -0.25) is 9.59 Å². The van der Waals surface area contributed by atoms with Crippen molar-refractivity contribution in [2.75, 3.05) is 12.4 Å². The minimum Gasteiger partial charge on any atom is -0.504 e. The van der Waals surface area contributed by atoms with Crippen LogP contribution in [0.25, 0.3) is 0 Å². The van der Waals surface area contributed by atoms with Crippen molar-refractivity contribution in [3.05, 3.63) is 89.5 Å². The number of ether oxygens (including phenoxy) is 1. The predicted molar refractivity (Wildman–Crippen MR) is 111 cm³/mol. The molecule has 0 atom stereocenters. The van der Waals surface area contributed by atoms with Gasteiger partial charge in [0.1, 0.15) is 0 Å². The summed E-state index contributed by atoms with van der Waals surface area (Å²) in [5, 5.41) is 16.2. The van der Waals surface area contributed by atoms with E-state index in [4.69, 9.17) is 4.74 Å². The van der Waals surface area contributed by atoms with Gasteiger partial charge >= 0.3 is 0 Å². The molecule has 0 aliphatic carbocycles. The molecule has 0 saturated heterocycles. The third-order valence-corrected chi connectivity index (χ3v) is 4.02. The summed E-state index contributed by atoms with van der Waals surface area (Å²) < 4.78 is 5.02. The van der Waals surface area contributed by atoms with Crippen molar-refractivity contribution in [1.29, 1.82) is 0 Å². The molecule has 29 heavy (non-hydrogen) atoms. The van der Waals surface area contributed by atoms with E-state index in [0.29, 0.717) is 28.1 Å². The van der Waals surface area contributed by atoms with Crippen LogP contribution in [0.3, 0.4) is 0 Å². The number of anilines is 1. The number of rotatable bonds is 6. The second-order valence-corrected chi connectivity index (χ2v) is 6.03. The van der Waals surface area contributed by atoms with E-state index >= 15 is 0 Å². The van der Waals surface area contributed by atoms with Gasteiger partial charge in [-0.05, 0) is 60.2 Å². The zero-order valence-electron chi connectivity index (χ0n) is 15.6. The Bertz CT molecular complexity index is 1030. The second kappa shape index (κ2) is 9.18. The Morgan fingerprint density at radius 1 is 0.931 bits per heavy atom. The second-order valence-electron chi connectivity index (χ2n) is 6.03. The van der Waals surface area contributed by atoms with E-state index in [2.05, 4.69) is 15.8 Å². The number of hydrogen-bond donors (Lipinski definition) is 3. The van der Waals surface area contributed by atoms with Gasteiger partial charge in [-0.1, -0.05) is 18.2 Å². The first kappa shape index (κ1) is 19.6. The van der Waals surface area contributed by atoms with Gasteiger partial charge in [-0.15, -0.1) is 0 Å². The topological polar surface area (TPSA) is 100 Å². The number of aromatic hydroxyl groups is 1. The SMILES string of the molecule is COc1cc(/C=N\NC(=O)c2ccc(NC(=O)c3ccccc3)cc2)ccc1O. The van der Waals surface area contributed by atoms with Crippen LogP contribution in [0, 0.1) is 0 Å². The molecule has 0 bridgehead atoms. The molecule has 3 rings (SSSR count). The molecule has 3 aromatic rings. The van der Waals surface area contributed by atoms with Crippen molar-refractivity contribution in [2.24, 2.45) is 5.10 Å². The molecule has 0 saturated carbocycles. The monoisotopic (exact) mass is 389 g/mol. The van der Waals surface area contributed by atoms with E-state index < -0.39 is 5.91 Å². The van der Waals surface area contributed by atoms with Gasteiger partial charge < -0.3 is 15.2 Å². The van der Waals surface area contributed by atoms with Crippen LogP contribution in [-0.2, 0) is 0 Å². The number of nitrogens with one attached hydrogen (secondary N) is 2. The van der Waals surface area contributed by atoms with Crippen LogP contribution < -0.4 is 15.5 Å². The van der Waals surface area contributed by atoms with Crippen LogP contribution in [0.1, 0.15) is 26.3 Å². The van der Waals surface area contributed by atoms with E-state index in [-0.39, 0.29) is 11.7 Å². The molecule has 3 aromatic carbocycles. The fraction of sp³-hybridized carbons (Fsp3) is 0.0455. The molecule has 0 fully saturated rings. The van der Waals surface area contributed by atoms with Gasteiger partial charge in [-0.25, -0.2) is 5.43 Å². The lowest BCUT2D eigenvalue weighted by Gasteiger charge is -2.06. The number of hydrogen-bond acceptors (Lipinski definition) is 5. The molecular formula is C22H19N3O4. The third-order valence-electron chi connectivity index (χ3n) is 4.02. The quantitative estimate of drug-likeness (QED) is 0.444. The Labute approximate surface area is 167 Å². The van der Waals surface area contributed by atoms with Crippen molar-refractivity contribution in [2.45, 2.75) is 0 Å². The summed E-state index contributed by atoms with van der Waals surface area (Å²) in [7, 11) is 1.45. The van der Waals surface area contributed by atoms with Crippen LogP contribution in [0.5, 0.6) is 11.5 Å². The molecule has 0 aliphatic rings. The minimum atomic E-state index is -0.395. The van der Waals surface area contributed by atoms with E-state index in [1.54, 1.807) is 60.7 Å². The highest BCUT2D eigenvalue weighted by Crippen LogP contribution is 2.25. The fourth-order valence-electron chi connectivity index (χ4n) is 2.50. The van der Waals surface area contributed by atoms with Crippen LogP contribution in [-0.4, -0.2) is 30.2 Å². The van der Waals surface area contributed by atoms with Crippen LogP contribution in [0.15, 0.2) is 77.9 Å². The average molecular weight is 389 g/mol. The number of carbonyl (C=O) groups excluding carboxylic acids is 2. The minimum absolute atomic E-state index is 0.0214. The number of amides is 2. The summed E-state index contributed by atoms with van der Waals surface area (Å²) in [6, 6.07) is 20.0. The summed E-state index contributed by atoms with van der Waals surface area (Å²) in [5.74, 6) is -0.286. The lowest BCUT2D eigenvalue weighted by atomic mass is 10.1. The van der Waals surface area contributed by atoms with E-state index in [1.165, 1.54) is 19.4 Å². The highest BCUT2D eigenvalue weighted by molar-refractivity contribution is 6.04. The van der Waals surface area contributed by atoms with Gasteiger partial charge in [-0.2, -0.15) is 5.10 Å². The molecule has 0 unspecified atom stereocenters. The molecule has 7 heteroatoms. The number of phenols is 1. The number of benzene rings is 3. The zero-order valence-corrected chi connectivity index (χ0v) is 15.6. The summed E-state index contributed by atoms with van der Waals surface area (Å²) in [6.45, 7) is 0. The highest BCUT2D eigenvalue weighted by atomic mass is 16.5. The van der Waals surface area contributed by atoms with Gasteiger partial charge in [0.2, 0.25) is 0 Å². The van der Waals surface area contributed by atoms with Crippen molar-refractivity contribution in [3.8, 4) is 11.5 Å². The maximum atomic E-state index is 12.2. The maximum absolute atomic E-state index is 12.2. The first-order chi connectivity index (χ1) is 14.1. The number of nitrogens with zero attached hydrogens (tertiary/aromatic N) is 1.